The highest BCUT2D eigenvalue weighted by molar-refractivity contribution is 5.83. The maximum absolute atomic E-state index is 13.2. The summed E-state index contributed by atoms with van der Waals surface area (Å²) >= 11 is 0. The third kappa shape index (κ3) is 2.95. The molecule has 2 aromatic rings. The van der Waals surface area contributed by atoms with Gasteiger partial charge >= 0.3 is 0 Å². The summed E-state index contributed by atoms with van der Waals surface area (Å²) in [6.07, 6.45) is -3.74. The molecule has 0 N–H and O–H groups in total. The number of halogens is 3. The van der Waals surface area contributed by atoms with E-state index in [1.54, 1.807) is 0 Å². The van der Waals surface area contributed by atoms with Crippen LogP contribution in [-0.2, 0) is 11.2 Å². The second kappa shape index (κ2) is 5.72. The van der Waals surface area contributed by atoms with Crippen molar-refractivity contribution in [2.24, 2.45) is 0 Å². The highest BCUT2D eigenvalue weighted by Gasteiger charge is 2.20. The molecule has 2 rings (SSSR count). The van der Waals surface area contributed by atoms with Gasteiger partial charge in [-0.25, -0.2) is 13.2 Å². The first-order valence-corrected chi connectivity index (χ1v) is 5.48. The minimum Gasteiger partial charge on any atom is -0.494 e. The van der Waals surface area contributed by atoms with E-state index in [9.17, 15) is 18.0 Å². The second-order valence-electron chi connectivity index (χ2n) is 3.80. The van der Waals surface area contributed by atoms with Crippen LogP contribution in [0.15, 0.2) is 22.7 Å². The summed E-state index contributed by atoms with van der Waals surface area (Å²) < 4.78 is 46.9. The Morgan fingerprint density at radius 2 is 2.20 bits per heavy atom. The van der Waals surface area contributed by atoms with Crippen molar-refractivity contribution < 1.29 is 27.2 Å². The lowest BCUT2D eigenvalue weighted by Crippen LogP contribution is -2.12. The zero-order valence-electron chi connectivity index (χ0n) is 10.3. The molecule has 0 aliphatic carbocycles. The number of nitrogens with zero attached hydrogens (tertiary/aromatic N) is 2. The van der Waals surface area contributed by atoms with Gasteiger partial charge in [-0.2, -0.15) is 4.98 Å². The lowest BCUT2D eigenvalue weighted by Gasteiger charge is -2.02. The molecule has 0 bridgehead atoms. The Morgan fingerprint density at radius 3 is 2.85 bits per heavy atom. The lowest BCUT2D eigenvalue weighted by atomic mass is 10.2. The van der Waals surface area contributed by atoms with Crippen LogP contribution in [0.3, 0.4) is 0 Å². The summed E-state index contributed by atoms with van der Waals surface area (Å²) in [5.74, 6) is -2.06. The van der Waals surface area contributed by atoms with Crippen LogP contribution < -0.4 is 4.74 Å². The molecule has 0 unspecified atom stereocenters. The number of benzene rings is 1. The van der Waals surface area contributed by atoms with Crippen LogP contribution in [-0.4, -0.2) is 29.5 Å². The van der Waals surface area contributed by atoms with E-state index >= 15 is 0 Å². The van der Waals surface area contributed by atoms with Gasteiger partial charge in [-0.05, 0) is 18.2 Å². The van der Waals surface area contributed by atoms with Crippen LogP contribution in [0.4, 0.5) is 13.2 Å². The highest BCUT2D eigenvalue weighted by atomic mass is 19.3. The van der Waals surface area contributed by atoms with Crippen molar-refractivity contribution in [1.82, 2.24) is 10.1 Å². The zero-order chi connectivity index (χ0) is 14.7. The van der Waals surface area contributed by atoms with E-state index in [1.165, 1.54) is 19.2 Å². The lowest BCUT2D eigenvalue weighted by molar-refractivity contribution is -0.129. The van der Waals surface area contributed by atoms with E-state index < -0.39 is 24.4 Å². The van der Waals surface area contributed by atoms with Crippen molar-refractivity contribution in [3.05, 3.63) is 29.9 Å². The Hall–Kier alpha value is -2.38. The van der Waals surface area contributed by atoms with Gasteiger partial charge in [0, 0.05) is 5.56 Å². The molecule has 0 aliphatic heterocycles. The third-order valence-electron chi connectivity index (χ3n) is 2.45. The Labute approximate surface area is 111 Å². The van der Waals surface area contributed by atoms with E-state index in [0.29, 0.717) is 5.56 Å². The first-order chi connectivity index (χ1) is 9.51. The molecule has 1 aromatic carbocycles. The summed E-state index contributed by atoms with van der Waals surface area (Å²) in [4.78, 5) is 14.7. The van der Waals surface area contributed by atoms with Crippen LogP contribution in [0.5, 0.6) is 5.75 Å². The fourth-order valence-corrected chi connectivity index (χ4v) is 1.47. The molecule has 0 amide bonds. The molecule has 5 nitrogen and oxygen atoms in total. The maximum Gasteiger partial charge on any atom is 0.296 e. The predicted octanol–water partition coefficient (Wildman–Crippen LogP) is 2.26. The van der Waals surface area contributed by atoms with Gasteiger partial charge in [0.15, 0.2) is 11.6 Å². The maximum atomic E-state index is 13.2. The Balaban J connectivity index is 2.22. The number of carbonyl (C=O) groups is 1. The van der Waals surface area contributed by atoms with Crippen LogP contribution in [0.2, 0.25) is 0 Å². The average molecular weight is 286 g/mol. The monoisotopic (exact) mass is 286 g/mol. The summed E-state index contributed by atoms with van der Waals surface area (Å²) in [5.41, 5.74) is 0.378. The number of aromatic nitrogens is 2. The molecule has 0 saturated carbocycles. The first-order valence-electron chi connectivity index (χ1n) is 5.48. The Morgan fingerprint density at radius 1 is 1.45 bits per heavy atom. The summed E-state index contributed by atoms with van der Waals surface area (Å²) in [6.45, 7) is 0. The van der Waals surface area contributed by atoms with Crippen molar-refractivity contribution in [1.29, 1.82) is 0 Å². The molecule has 0 spiro atoms. The van der Waals surface area contributed by atoms with Crippen LogP contribution in [0.25, 0.3) is 11.4 Å². The van der Waals surface area contributed by atoms with Gasteiger partial charge in [0.1, 0.15) is 0 Å². The number of ether oxygens (including phenoxy) is 1. The summed E-state index contributed by atoms with van der Waals surface area (Å²) in [6, 6.07) is 3.86. The molecule has 1 aromatic heterocycles. The van der Waals surface area contributed by atoms with Crippen LogP contribution >= 0.6 is 0 Å². The van der Waals surface area contributed by atoms with Gasteiger partial charge in [0.2, 0.25) is 17.5 Å². The number of alkyl halides is 2. The molecule has 20 heavy (non-hydrogen) atoms. The van der Waals surface area contributed by atoms with E-state index in [4.69, 9.17) is 9.26 Å². The quantitative estimate of drug-likeness (QED) is 0.843. The highest BCUT2D eigenvalue weighted by Crippen LogP contribution is 2.24. The molecule has 0 fully saturated rings. The zero-order valence-corrected chi connectivity index (χ0v) is 10.3. The molecule has 0 saturated heterocycles. The second-order valence-corrected chi connectivity index (χ2v) is 3.80. The molecule has 0 atom stereocenters. The van der Waals surface area contributed by atoms with Crippen molar-refractivity contribution in [2.75, 3.05) is 7.11 Å². The minimum absolute atomic E-state index is 0.0162. The molecule has 0 aliphatic rings. The molecule has 1 heterocycles. The summed E-state index contributed by atoms with van der Waals surface area (Å²) in [7, 11) is 1.30. The number of carbonyl (C=O) groups excluding carboxylic acids is 1. The first kappa shape index (κ1) is 14.0. The van der Waals surface area contributed by atoms with Crippen molar-refractivity contribution in [2.45, 2.75) is 12.8 Å². The number of Topliss-reactive ketones (excluding diaryl/α,β-unsaturated/α-hetero) is 1. The number of ketones is 1. The van der Waals surface area contributed by atoms with E-state index in [0.717, 1.165) is 6.07 Å². The van der Waals surface area contributed by atoms with Gasteiger partial charge in [0.05, 0.1) is 13.5 Å². The average Bonchev–Trinajstić information content (AvgIpc) is 2.87. The minimum atomic E-state index is -3.09. The van der Waals surface area contributed by atoms with Gasteiger partial charge < -0.3 is 9.26 Å². The Kier molecular flexibility index (Phi) is 4.02. The SMILES string of the molecule is COc1cc(-c2noc(CC(=O)C(F)F)n2)ccc1F. The summed E-state index contributed by atoms with van der Waals surface area (Å²) in [5, 5.41) is 3.54. The predicted molar refractivity (Wildman–Crippen MR) is 61.0 cm³/mol. The standard InChI is InChI=1S/C12H9F3N2O3/c1-19-9-4-6(2-3-7(9)13)12-16-10(20-17-12)5-8(18)11(14)15/h2-4,11H,5H2,1H3. The van der Waals surface area contributed by atoms with Crippen molar-refractivity contribution in [3.63, 3.8) is 0 Å². The molecular formula is C12H9F3N2O3. The van der Waals surface area contributed by atoms with E-state index in [2.05, 4.69) is 10.1 Å². The molecule has 8 heteroatoms. The van der Waals surface area contributed by atoms with Crippen LogP contribution in [0, 0.1) is 5.82 Å². The van der Waals surface area contributed by atoms with Crippen molar-refractivity contribution in [3.8, 4) is 17.1 Å². The number of hydrogen-bond donors (Lipinski definition) is 0. The van der Waals surface area contributed by atoms with Gasteiger partial charge in [-0.1, -0.05) is 5.16 Å². The number of rotatable bonds is 5. The van der Waals surface area contributed by atoms with E-state index in [1.807, 2.05) is 0 Å². The number of methoxy groups -OCH3 is 1. The largest absolute Gasteiger partial charge is 0.494 e. The normalized spacial score (nSPS) is 10.8. The van der Waals surface area contributed by atoms with Gasteiger partial charge in [-0.15, -0.1) is 0 Å². The van der Waals surface area contributed by atoms with Crippen LogP contribution in [0.1, 0.15) is 5.89 Å². The fourth-order valence-electron chi connectivity index (χ4n) is 1.47. The number of hydrogen-bond acceptors (Lipinski definition) is 5. The molecule has 0 radical (unpaired) electrons. The fraction of sp³-hybridized carbons (Fsp3) is 0.250. The molecule has 106 valence electrons. The van der Waals surface area contributed by atoms with Crippen molar-refractivity contribution >= 4 is 5.78 Å². The van der Waals surface area contributed by atoms with E-state index in [-0.39, 0.29) is 17.5 Å². The van der Waals surface area contributed by atoms with Gasteiger partial charge in [0.25, 0.3) is 6.43 Å². The topological polar surface area (TPSA) is 65.2 Å². The van der Waals surface area contributed by atoms with Gasteiger partial charge in [-0.3, -0.25) is 4.79 Å². The Bertz CT molecular complexity index is 628. The third-order valence-corrected chi connectivity index (χ3v) is 2.45. The molecular weight excluding hydrogens is 277 g/mol. The smallest absolute Gasteiger partial charge is 0.296 e.